The Morgan fingerprint density at radius 1 is 0.632 bits per heavy atom. The van der Waals surface area contributed by atoms with Crippen LogP contribution in [0.25, 0.3) is 0 Å². The van der Waals surface area contributed by atoms with Crippen molar-refractivity contribution in [1.82, 2.24) is 20.9 Å². The fraction of sp³-hybridized carbons (Fsp3) is 0.593. The van der Waals surface area contributed by atoms with E-state index in [4.69, 9.17) is 9.78 Å². The first kappa shape index (κ1) is 30.9. The van der Waals surface area contributed by atoms with E-state index >= 15 is 0 Å². The molecule has 0 bridgehead atoms. The molecular formula is C27H40N4O7. The number of nitrogens with zero attached hydrogens (tertiary/aromatic N) is 1. The molecule has 1 heterocycles. The standard InChI is InChI=1S/C27H40N4O7/c1-23(2,3)37-38-27(10,11)30-21(35)25(6,7)28-20(34)24(4,5)29-22(36)26(8,9)31-18(32)16-14-12-13-15-17(16)19(31)33/h12-15H,1-11H3,(H,28,34)(H,29,36)(H,30,35). The number of imide groups is 1. The third-order valence-corrected chi connectivity index (χ3v) is 5.81. The van der Waals surface area contributed by atoms with Crippen LogP contribution < -0.4 is 16.0 Å². The molecule has 11 heteroatoms. The van der Waals surface area contributed by atoms with Crippen LogP contribution in [0.4, 0.5) is 0 Å². The number of carbonyl (C=O) groups excluding carboxylic acids is 5. The number of hydrogen-bond acceptors (Lipinski definition) is 7. The van der Waals surface area contributed by atoms with Crippen LogP contribution in [0.2, 0.25) is 0 Å². The van der Waals surface area contributed by atoms with Crippen molar-refractivity contribution in [1.29, 1.82) is 0 Å². The molecule has 0 saturated carbocycles. The molecule has 3 N–H and O–H groups in total. The lowest BCUT2D eigenvalue weighted by molar-refractivity contribution is -0.401. The Morgan fingerprint density at radius 3 is 1.45 bits per heavy atom. The zero-order valence-corrected chi connectivity index (χ0v) is 24.1. The summed E-state index contributed by atoms with van der Waals surface area (Å²) in [4.78, 5) is 76.8. The lowest BCUT2D eigenvalue weighted by Gasteiger charge is -2.37. The maximum Gasteiger partial charge on any atom is 0.262 e. The number of benzene rings is 1. The van der Waals surface area contributed by atoms with E-state index in [9.17, 15) is 24.0 Å². The highest BCUT2D eigenvalue weighted by atomic mass is 17.2. The Morgan fingerprint density at radius 2 is 1.03 bits per heavy atom. The second kappa shape index (κ2) is 10.1. The first-order valence-corrected chi connectivity index (χ1v) is 12.3. The minimum atomic E-state index is -1.61. The van der Waals surface area contributed by atoms with Crippen molar-refractivity contribution in [2.45, 2.75) is 104 Å². The summed E-state index contributed by atoms with van der Waals surface area (Å²) in [5.74, 6) is -3.11. The Balaban J connectivity index is 2.11. The molecule has 0 aliphatic carbocycles. The summed E-state index contributed by atoms with van der Waals surface area (Å²) in [7, 11) is 0. The van der Waals surface area contributed by atoms with Gasteiger partial charge < -0.3 is 16.0 Å². The van der Waals surface area contributed by atoms with E-state index < -0.39 is 57.5 Å². The summed E-state index contributed by atoms with van der Waals surface area (Å²) in [5.41, 5.74) is -5.90. The highest BCUT2D eigenvalue weighted by Crippen LogP contribution is 2.30. The molecule has 0 spiro atoms. The molecule has 0 unspecified atom stereocenters. The van der Waals surface area contributed by atoms with Crippen LogP contribution >= 0.6 is 0 Å². The minimum Gasteiger partial charge on any atom is -0.340 e. The normalized spacial score (nSPS) is 14.8. The van der Waals surface area contributed by atoms with E-state index in [1.165, 1.54) is 53.7 Å². The Hall–Kier alpha value is -3.31. The third-order valence-electron chi connectivity index (χ3n) is 5.81. The van der Waals surface area contributed by atoms with Crippen molar-refractivity contribution in [2.24, 2.45) is 0 Å². The van der Waals surface area contributed by atoms with E-state index in [1.54, 1.807) is 46.8 Å². The van der Waals surface area contributed by atoms with Gasteiger partial charge in [0.05, 0.1) is 16.7 Å². The summed E-state index contributed by atoms with van der Waals surface area (Å²) in [6.45, 7) is 17.3. The summed E-state index contributed by atoms with van der Waals surface area (Å²) in [6, 6.07) is 6.32. The van der Waals surface area contributed by atoms with Crippen molar-refractivity contribution in [3.8, 4) is 0 Å². The molecule has 38 heavy (non-hydrogen) atoms. The smallest absolute Gasteiger partial charge is 0.262 e. The van der Waals surface area contributed by atoms with Crippen LogP contribution in [-0.2, 0) is 24.2 Å². The predicted octanol–water partition coefficient (Wildman–Crippen LogP) is 2.45. The van der Waals surface area contributed by atoms with Crippen molar-refractivity contribution >= 4 is 29.5 Å². The molecule has 1 aromatic carbocycles. The fourth-order valence-electron chi connectivity index (χ4n) is 3.47. The van der Waals surface area contributed by atoms with Crippen LogP contribution in [0.3, 0.4) is 0 Å². The van der Waals surface area contributed by atoms with Gasteiger partial charge in [0.15, 0.2) is 5.72 Å². The van der Waals surface area contributed by atoms with Gasteiger partial charge >= 0.3 is 0 Å². The summed E-state index contributed by atoms with van der Waals surface area (Å²) < 4.78 is 0. The molecule has 0 fully saturated rings. The summed E-state index contributed by atoms with van der Waals surface area (Å²) in [5, 5.41) is 7.93. The zero-order valence-electron chi connectivity index (χ0n) is 24.1. The fourth-order valence-corrected chi connectivity index (χ4v) is 3.47. The average molecular weight is 533 g/mol. The largest absolute Gasteiger partial charge is 0.340 e. The van der Waals surface area contributed by atoms with Gasteiger partial charge in [-0.25, -0.2) is 9.78 Å². The summed E-state index contributed by atoms with van der Waals surface area (Å²) >= 11 is 0. The molecule has 5 amide bonds. The first-order valence-electron chi connectivity index (χ1n) is 12.3. The van der Waals surface area contributed by atoms with Crippen LogP contribution in [-0.4, -0.2) is 62.4 Å². The first-order chi connectivity index (χ1) is 17.0. The number of nitrogens with one attached hydrogen (secondary N) is 3. The predicted molar refractivity (Wildman–Crippen MR) is 140 cm³/mol. The van der Waals surface area contributed by atoms with Gasteiger partial charge in [-0.2, -0.15) is 0 Å². The molecule has 0 saturated heterocycles. The van der Waals surface area contributed by atoms with E-state index in [2.05, 4.69) is 16.0 Å². The third kappa shape index (κ3) is 6.76. The monoisotopic (exact) mass is 532 g/mol. The maximum absolute atomic E-state index is 13.3. The maximum atomic E-state index is 13.3. The highest BCUT2D eigenvalue weighted by molar-refractivity contribution is 6.23. The number of amides is 5. The van der Waals surface area contributed by atoms with Crippen molar-refractivity contribution in [2.75, 3.05) is 0 Å². The van der Waals surface area contributed by atoms with Gasteiger partial charge in [0.1, 0.15) is 16.6 Å². The average Bonchev–Trinajstić information content (AvgIpc) is 3.02. The molecule has 1 aliphatic rings. The molecule has 0 aromatic heterocycles. The number of rotatable bonds is 9. The van der Waals surface area contributed by atoms with Crippen molar-refractivity contribution in [3.63, 3.8) is 0 Å². The van der Waals surface area contributed by atoms with Gasteiger partial charge in [0.2, 0.25) is 17.7 Å². The number of carbonyl (C=O) groups is 5. The van der Waals surface area contributed by atoms with Gasteiger partial charge in [-0.3, -0.25) is 28.9 Å². The molecule has 0 radical (unpaired) electrons. The van der Waals surface area contributed by atoms with Crippen LogP contribution in [0.15, 0.2) is 24.3 Å². The Bertz CT molecular complexity index is 1110. The molecule has 2 rings (SSSR count). The van der Waals surface area contributed by atoms with Crippen LogP contribution in [0, 0.1) is 0 Å². The molecule has 0 atom stereocenters. The van der Waals surface area contributed by atoms with E-state index in [0.29, 0.717) is 0 Å². The lowest BCUT2D eigenvalue weighted by Crippen LogP contribution is -2.67. The van der Waals surface area contributed by atoms with E-state index in [0.717, 1.165) is 4.90 Å². The summed E-state index contributed by atoms with van der Waals surface area (Å²) in [6.07, 6.45) is 0. The van der Waals surface area contributed by atoms with Crippen LogP contribution in [0.1, 0.15) is 96.9 Å². The minimum absolute atomic E-state index is 0.211. The SMILES string of the molecule is CC(C)(C)OOC(C)(C)NC(=O)C(C)(C)NC(=O)C(C)(C)NC(=O)C(C)(C)N1C(=O)c2ccccc2C1=O. The van der Waals surface area contributed by atoms with Crippen LogP contribution in [0.5, 0.6) is 0 Å². The van der Waals surface area contributed by atoms with Gasteiger partial charge in [-0.1, -0.05) is 12.1 Å². The van der Waals surface area contributed by atoms with Gasteiger partial charge in [-0.15, -0.1) is 0 Å². The van der Waals surface area contributed by atoms with Gasteiger partial charge in [-0.05, 0) is 88.3 Å². The quantitative estimate of drug-likeness (QED) is 0.192. The van der Waals surface area contributed by atoms with Gasteiger partial charge in [0, 0.05) is 0 Å². The van der Waals surface area contributed by atoms with E-state index in [-0.39, 0.29) is 11.1 Å². The molecule has 210 valence electrons. The Kier molecular flexibility index (Phi) is 8.22. The second-order valence-electron chi connectivity index (χ2n) is 12.5. The topological polar surface area (TPSA) is 143 Å². The second-order valence-corrected chi connectivity index (χ2v) is 12.5. The number of fused-ring (bicyclic) bond motifs is 1. The molecular weight excluding hydrogens is 492 g/mol. The van der Waals surface area contributed by atoms with Gasteiger partial charge in [0.25, 0.3) is 11.8 Å². The molecule has 11 nitrogen and oxygen atoms in total. The molecule has 1 aromatic rings. The number of hydrogen-bond donors (Lipinski definition) is 3. The highest BCUT2D eigenvalue weighted by Gasteiger charge is 2.49. The van der Waals surface area contributed by atoms with E-state index in [1.807, 2.05) is 0 Å². The Labute approximate surface area is 223 Å². The molecule has 1 aliphatic heterocycles. The van der Waals surface area contributed by atoms with Crippen molar-refractivity contribution in [3.05, 3.63) is 35.4 Å². The van der Waals surface area contributed by atoms with Crippen molar-refractivity contribution < 1.29 is 33.7 Å². The zero-order chi connectivity index (χ0) is 29.5. The lowest BCUT2D eigenvalue weighted by atomic mass is 9.95.